The Hall–Kier alpha value is -3.09. The van der Waals surface area contributed by atoms with E-state index in [1.165, 1.54) is 0 Å². The predicted molar refractivity (Wildman–Crippen MR) is 94.7 cm³/mol. The summed E-state index contributed by atoms with van der Waals surface area (Å²) in [7, 11) is 0. The summed E-state index contributed by atoms with van der Waals surface area (Å²) in [6.07, 6.45) is 5.17. The van der Waals surface area contributed by atoms with Gasteiger partial charge in [0.25, 0.3) is 5.91 Å². The Balaban J connectivity index is 1.36. The average molecular weight is 352 g/mol. The number of urea groups is 1. The number of carbonyl (C=O) groups is 3. The van der Waals surface area contributed by atoms with Crippen LogP contribution >= 0.6 is 0 Å². The number of carbonyl (C=O) groups excluding carboxylic acids is 3. The molecular weight excluding hydrogens is 332 g/mol. The molecular formula is C19H20N4O3. The molecule has 0 saturated carbocycles. The molecule has 1 aromatic heterocycles. The lowest BCUT2D eigenvalue weighted by molar-refractivity contribution is -0.135. The van der Waals surface area contributed by atoms with Gasteiger partial charge in [-0.05, 0) is 42.7 Å². The number of imide groups is 1. The molecule has 4 rings (SSSR count). The molecule has 0 unspecified atom stereocenters. The van der Waals surface area contributed by atoms with E-state index < -0.39 is 11.6 Å². The van der Waals surface area contributed by atoms with Crippen molar-refractivity contribution in [2.75, 3.05) is 13.1 Å². The summed E-state index contributed by atoms with van der Waals surface area (Å²) in [6.45, 7) is 0.933. The number of likely N-dealkylation sites (tertiary alicyclic amines) is 1. The van der Waals surface area contributed by atoms with E-state index in [0.29, 0.717) is 32.4 Å². The zero-order valence-corrected chi connectivity index (χ0v) is 14.3. The van der Waals surface area contributed by atoms with E-state index in [1.807, 2.05) is 53.4 Å². The Bertz CT molecular complexity index is 834. The number of piperidine rings is 1. The smallest absolute Gasteiger partial charge is 0.322 e. The second-order valence-corrected chi connectivity index (χ2v) is 6.80. The maximum absolute atomic E-state index is 12.6. The van der Waals surface area contributed by atoms with E-state index in [2.05, 4.69) is 10.6 Å². The minimum atomic E-state index is -0.841. The van der Waals surface area contributed by atoms with Crippen LogP contribution in [0.2, 0.25) is 0 Å². The monoisotopic (exact) mass is 352 g/mol. The van der Waals surface area contributed by atoms with Crippen LogP contribution in [0.25, 0.3) is 5.69 Å². The number of hydrogen-bond donors (Lipinski definition) is 2. The first-order chi connectivity index (χ1) is 12.6. The van der Waals surface area contributed by atoms with Gasteiger partial charge in [-0.3, -0.25) is 14.9 Å². The summed E-state index contributed by atoms with van der Waals surface area (Å²) in [5.41, 5.74) is 1.17. The van der Waals surface area contributed by atoms with Gasteiger partial charge < -0.3 is 14.8 Å². The molecule has 2 aliphatic rings. The summed E-state index contributed by atoms with van der Waals surface area (Å²) < 4.78 is 2.01. The predicted octanol–water partition coefficient (Wildman–Crippen LogP) is 1.22. The number of nitrogens with one attached hydrogen (secondary N) is 2. The van der Waals surface area contributed by atoms with Gasteiger partial charge in [0.2, 0.25) is 5.91 Å². The number of benzene rings is 1. The van der Waals surface area contributed by atoms with E-state index in [-0.39, 0.29) is 11.8 Å². The van der Waals surface area contributed by atoms with E-state index in [0.717, 1.165) is 11.3 Å². The molecule has 4 amide bonds. The molecule has 0 bridgehead atoms. The second-order valence-electron chi connectivity index (χ2n) is 6.80. The van der Waals surface area contributed by atoms with Crippen molar-refractivity contribution in [3.63, 3.8) is 0 Å². The maximum atomic E-state index is 12.6. The fourth-order valence-corrected chi connectivity index (χ4v) is 3.60. The third-order valence-electron chi connectivity index (χ3n) is 5.18. The lowest BCUT2D eigenvalue weighted by Gasteiger charge is -2.37. The number of amides is 4. The summed E-state index contributed by atoms with van der Waals surface area (Å²) in [5.74, 6) is -0.242. The molecule has 2 saturated heterocycles. The third-order valence-corrected chi connectivity index (χ3v) is 5.18. The Morgan fingerprint density at radius 2 is 1.69 bits per heavy atom. The highest BCUT2D eigenvalue weighted by Crippen LogP contribution is 2.26. The lowest BCUT2D eigenvalue weighted by Crippen LogP contribution is -2.55. The molecule has 1 spiro atoms. The first-order valence-corrected chi connectivity index (χ1v) is 8.69. The van der Waals surface area contributed by atoms with Crippen LogP contribution < -0.4 is 10.6 Å². The molecule has 2 aromatic rings. The topological polar surface area (TPSA) is 83.4 Å². The Morgan fingerprint density at radius 1 is 1.04 bits per heavy atom. The molecule has 134 valence electrons. The highest BCUT2D eigenvalue weighted by molar-refractivity contribution is 6.07. The van der Waals surface area contributed by atoms with Gasteiger partial charge in [-0.25, -0.2) is 4.79 Å². The number of rotatable bonds is 3. The highest BCUT2D eigenvalue weighted by Gasteiger charge is 2.48. The largest absolute Gasteiger partial charge is 0.342 e. The summed E-state index contributed by atoms with van der Waals surface area (Å²) in [4.78, 5) is 37.7. The molecule has 26 heavy (non-hydrogen) atoms. The van der Waals surface area contributed by atoms with Crippen molar-refractivity contribution in [3.05, 3.63) is 54.4 Å². The average Bonchev–Trinajstić information content (AvgIpc) is 3.25. The quantitative estimate of drug-likeness (QED) is 0.815. The molecule has 7 nitrogen and oxygen atoms in total. The molecule has 0 aliphatic carbocycles. The first kappa shape index (κ1) is 16.4. The first-order valence-electron chi connectivity index (χ1n) is 8.69. The Labute approximate surface area is 151 Å². The SMILES string of the molecule is O=C1NC(=O)C2(CCN(C(=O)Cc3ccc(-n4cccc4)cc3)CC2)N1. The number of nitrogens with zero attached hydrogens (tertiary/aromatic N) is 2. The van der Waals surface area contributed by atoms with Crippen LogP contribution in [0.5, 0.6) is 0 Å². The van der Waals surface area contributed by atoms with Crippen molar-refractivity contribution in [2.24, 2.45) is 0 Å². The fourth-order valence-electron chi connectivity index (χ4n) is 3.60. The van der Waals surface area contributed by atoms with Gasteiger partial charge in [-0.2, -0.15) is 0 Å². The zero-order valence-electron chi connectivity index (χ0n) is 14.3. The lowest BCUT2D eigenvalue weighted by atomic mass is 9.87. The van der Waals surface area contributed by atoms with Crippen molar-refractivity contribution in [1.82, 2.24) is 20.1 Å². The van der Waals surface area contributed by atoms with Crippen molar-refractivity contribution >= 4 is 17.8 Å². The van der Waals surface area contributed by atoms with Gasteiger partial charge in [0.15, 0.2) is 0 Å². The summed E-state index contributed by atoms with van der Waals surface area (Å²) in [5, 5.41) is 4.99. The van der Waals surface area contributed by atoms with Crippen molar-refractivity contribution in [3.8, 4) is 5.69 Å². The standard InChI is InChI=1S/C19H20N4O3/c24-16(13-14-3-5-15(6-4-14)22-9-1-2-10-22)23-11-7-19(8-12-23)17(25)20-18(26)21-19/h1-6,9-10H,7-8,11-13H2,(H2,20,21,25,26). The maximum Gasteiger partial charge on any atom is 0.322 e. The highest BCUT2D eigenvalue weighted by atomic mass is 16.2. The minimum Gasteiger partial charge on any atom is -0.342 e. The zero-order chi connectivity index (χ0) is 18.1. The van der Waals surface area contributed by atoms with Gasteiger partial charge in [0.1, 0.15) is 5.54 Å². The Kier molecular flexibility index (Phi) is 3.99. The molecule has 0 radical (unpaired) electrons. The van der Waals surface area contributed by atoms with Gasteiger partial charge >= 0.3 is 6.03 Å². The normalized spacial score (nSPS) is 18.7. The molecule has 0 atom stereocenters. The van der Waals surface area contributed by atoms with Crippen LogP contribution in [-0.4, -0.2) is 45.9 Å². The molecule has 1 aromatic carbocycles. The van der Waals surface area contributed by atoms with Crippen LogP contribution in [0.15, 0.2) is 48.8 Å². The van der Waals surface area contributed by atoms with Gasteiger partial charge in [-0.1, -0.05) is 12.1 Å². The van der Waals surface area contributed by atoms with Crippen molar-refractivity contribution < 1.29 is 14.4 Å². The van der Waals surface area contributed by atoms with Crippen molar-refractivity contribution in [2.45, 2.75) is 24.8 Å². The van der Waals surface area contributed by atoms with E-state index in [1.54, 1.807) is 4.90 Å². The molecule has 2 fully saturated rings. The summed E-state index contributed by atoms with van der Waals surface area (Å²) in [6, 6.07) is 11.4. The van der Waals surface area contributed by atoms with Crippen LogP contribution in [-0.2, 0) is 16.0 Å². The Morgan fingerprint density at radius 3 is 2.27 bits per heavy atom. The van der Waals surface area contributed by atoms with Gasteiger partial charge in [0.05, 0.1) is 6.42 Å². The van der Waals surface area contributed by atoms with Crippen molar-refractivity contribution in [1.29, 1.82) is 0 Å². The molecule has 2 aliphatic heterocycles. The second kappa shape index (κ2) is 6.33. The van der Waals surface area contributed by atoms with E-state index >= 15 is 0 Å². The summed E-state index contributed by atoms with van der Waals surface area (Å²) >= 11 is 0. The minimum absolute atomic E-state index is 0.0401. The molecule has 3 heterocycles. The van der Waals surface area contributed by atoms with Crippen LogP contribution in [0, 0.1) is 0 Å². The molecule has 7 heteroatoms. The van der Waals surface area contributed by atoms with E-state index in [9.17, 15) is 14.4 Å². The number of hydrogen-bond acceptors (Lipinski definition) is 3. The fraction of sp³-hybridized carbons (Fsp3) is 0.316. The third kappa shape index (κ3) is 2.96. The van der Waals surface area contributed by atoms with Crippen LogP contribution in [0.1, 0.15) is 18.4 Å². The van der Waals surface area contributed by atoms with Gasteiger partial charge in [0, 0.05) is 31.2 Å². The van der Waals surface area contributed by atoms with Crippen LogP contribution in [0.4, 0.5) is 4.79 Å². The van der Waals surface area contributed by atoms with Crippen LogP contribution in [0.3, 0.4) is 0 Å². The van der Waals surface area contributed by atoms with Gasteiger partial charge in [-0.15, -0.1) is 0 Å². The number of aromatic nitrogens is 1. The molecule has 2 N–H and O–H groups in total. The van der Waals surface area contributed by atoms with E-state index in [4.69, 9.17) is 0 Å².